The Bertz CT molecular complexity index is 408. The molecule has 1 aromatic heterocycles. The van der Waals surface area contributed by atoms with Gasteiger partial charge in [-0.2, -0.15) is 0 Å². The van der Waals surface area contributed by atoms with Gasteiger partial charge < -0.3 is 0 Å². The fourth-order valence-corrected chi connectivity index (χ4v) is 2.23. The van der Waals surface area contributed by atoms with Gasteiger partial charge in [-0.15, -0.1) is 11.3 Å². The Morgan fingerprint density at radius 3 is 3.00 bits per heavy atom. The van der Waals surface area contributed by atoms with E-state index in [1.54, 1.807) is 11.3 Å². The molecule has 0 fully saturated rings. The SMILES string of the molecule is [CH2]Cc1nc2c(Cl)cccc2s1. The van der Waals surface area contributed by atoms with Gasteiger partial charge in [0.1, 0.15) is 5.52 Å². The molecule has 1 heterocycles. The maximum absolute atomic E-state index is 5.95. The summed E-state index contributed by atoms with van der Waals surface area (Å²) < 4.78 is 1.14. The van der Waals surface area contributed by atoms with E-state index in [1.165, 1.54) is 0 Å². The molecule has 0 spiro atoms. The molecule has 0 saturated heterocycles. The lowest BCUT2D eigenvalue weighted by Gasteiger charge is -1.88. The monoisotopic (exact) mass is 196 g/mol. The third-order valence-electron chi connectivity index (χ3n) is 1.63. The number of thiazole rings is 1. The van der Waals surface area contributed by atoms with Gasteiger partial charge in [-0.1, -0.05) is 17.7 Å². The highest BCUT2D eigenvalue weighted by Gasteiger charge is 2.04. The van der Waals surface area contributed by atoms with Crippen molar-refractivity contribution in [2.24, 2.45) is 0 Å². The van der Waals surface area contributed by atoms with Crippen LogP contribution in [0.3, 0.4) is 0 Å². The molecule has 0 N–H and O–H groups in total. The lowest BCUT2D eigenvalue weighted by atomic mass is 10.3. The largest absolute Gasteiger partial charge is 0.240 e. The second-order valence-electron chi connectivity index (χ2n) is 2.44. The second kappa shape index (κ2) is 3.04. The topological polar surface area (TPSA) is 12.9 Å². The Labute approximate surface area is 80.0 Å². The van der Waals surface area contributed by atoms with E-state index in [0.717, 1.165) is 26.7 Å². The molecule has 0 aliphatic rings. The normalized spacial score (nSPS) is 10.8. The molecule has 0 amide bonds. The van der Waals surface area contributed by atoms with E-state index in [-0.39, 0.29) is 0 Å². The summed E-state index contributed by atoms with van der Waals surface area (Å²) in [4.78, 5) is 4.35. The van der Waals surface area contributed by atoms with Crippen LogP contribution in [-0.4, -0.2) is 4.98 Å². The number of hydrogen-bond donors (Lipinski definition) is 0. The highest BCUT2D eigenvalue weighted by atomic mass is 35.5. The highest BCUT2D eigenvalue weighted by molar-refractivity contribution is 7.18. The zero-order chi connectivity index (χ0) is 8.55. The molecule has 0 aliphatic heterocycles. The van der Waals surface area contributed by atoms with Crippen LogP contribution in [0.2, 0.25) is 5.02 Å². The van der Waals surface area contributed by atoms with E-state index < -0.39 is 0 Å². The molecule has 61 valence electrons. The summed E-state index contributed by atoms with van der Waals surface area (Å²) in [7, 11) is 0. The Kier molecular flexibility index (Phi) is 2.03. The van der Waals surface area contributed by atoms with Gasteiger partial charge in [-0.25, -0.2) is 4.98 Å². The van der Waals surface area contributed by atoms with Crippen molar-refractivity contribution in [3.05, 3.63) is 35.2 Å². The van der Waals surface area contributed by atoms with Crippen molar-refractivity contribution in [3.63, 3.8) is 0 Å². The van der Waals surface area contributed by atoms with Crippen LogP contribution in [0.4, 0.5) is 0 Å². The fourth-order valence-electron chi connectivity index (χ4n) is 1.07. The second-order valence-corrected chi connectivity index (χ2v) is 3.97. The first kappa shape index (κ1) is 8.02. The molecule has 1 aromatic carbocycles. The molecule has 1 radical (unpaired) electrons. The van der Waals surface area contributed by atoms with Gasteiger partial charge in [-0.05, 0) is 25.5 Å². The molecule has 0 bridgehead atoms. The van der Waals surface area contributed by atoms with Crippen LogP contribution in [0.1, 0.15) is 5.01 Å². The Balaban J connectivity index is 2.74. The predicted octanol–water partition coefficient (Wildman–Crippen LogP) is 3.33. The fraction of sp³-hybridized carbons (Fsp3) is 0.111. The number of aromatic nitrogens is 1. The van der Waals surface area contributed by atoms with Crippen molar-refractivity contribution in [2.75, 3.05) is 0 Å². The lowest BCUT2D eigenvalue weighted by Crippen LogP contribution is -1.75. The van der Waals surface area contributed by atoms with E-state index >= 15 is 0 Å². The summed E-state index contributed by atoms with van der Waals surface area (Å²) in [5, 5.41) is 1.77. The van der Waals surface area contributed by atoms with Gasteiger partial charge in [0.05, 0.1) is 14.7 Å². The smallest absolute Gasteiger partial charge is 0.100 e. The Morgan fingerprint density at radius 2 is 2.33 bits per heavy atom. The number of halogens is 1. The standard InChI is InChI=1S/C9H7ClNS/c1-2-8-11-9-6(10)4-3-5-7(9)12-8/h3-5H,1-2H2. The minimum absolute atomic E-state index is 0.725. The Morgan fingerprint density at radius 1 is 1.50 bits per heavy atom. The quantitative estimate of drug-likeness (QED) is 0.682. The average Bonchev–Trinajstić information content (AvgIpc) is 2.49. The van der Waals surface area contributed by atoms with Gasteiger partial charge >= 0.3 is 0 Å². The van der Waals surface area contributed by atoms with Crippen LogP contribution in [0.5, 0.6) is 0 Å². The summed E-state index contributed by atoms with van der Waals surface area (Å²) in [6, 6.07) is 5.82. The van der Waals surface area contributed by atoms with Crippen LogP contribution >= 0.6 is 22.9 Å². The molecule has 0 unspecified atom stereocenters. The number of rotatable bonds is 1. The molecule has 2 rings (SSSR count). The van der Waals surface area contributed by atoms with Gasteiger partial charge in [0, 0.05) is 0 Å². The third kappa shape index (κ3) is 1.21. The molecule has 2 aromatic rings. The number of para-hydroxylation sites is 1. The van der Waals surface area contributed by atoms with Crippen molar-refractivity contribution >= 4 is 33.2 Å². The number of nitrogens with zero attached hydrogens (tertiary/aromatic N) is 1. The van der Waals surface area contributed by atoms with E-state index in [2.05, 4.69) is 11.9 Å². The summed E-state index contributed by atoms with van der Waals surface area (Å²) >= 11 is 7.60. The first-order chi connectivity index (χ1) is 5.81. The Hall–Kier alpha value is -0.600. The maximum atomic E-state index is 5.95. The van der Waals surface area contributed by atoms with Crippen LogP contribution in [-0.2, 0) is 6.42 Å². The summed E-state index contributed by atoms with van der Waals surface area (Å²) in [6.45, 7) is 3.79. The molecule has 12 heavy (non-hydrogen) atoms. The summed E-state index contributed by atoms with van der Waals surface area (Å²) in [5.74, 6) is 0. The molecule has 3 heteroatoms. The summed E-state index contributed by atoms with van der Waals surface area (Å²) in [6.07, 6.45) is 0.732. The van der Waals surface area contributed by atoms with E-state index in [0.29, 0.717) is 0 Å². The molecule has 0 atom stereocenters. The van der Waals surface area contributed by atoms with Crippen LogP contribution in [0, 0.1) is 6.92 Å². The molecule has 1 nitrogen and oxygen atoms in total. The van der Waals surface area contributed by atoms with Crippen molar-refractivity contribution in [2.45, 2.75) is 6.42 Å². The van der Waals surface area contributed by atoms with Crippen molar-refractivity contribution < 1.29 is 0 Å². The number of fused-ring (bicyclic) bond motifs is 1. The van der Waals surface area contributed by atoms with Gasteiger partial charge in [0.2, 0.25) is 0 Å². The zero-order valence-electron chi connectivity index (χ0n) is 6.38. The van der Waals surface area contributed by atoms with Gasteiger partial charge in [0.25, 0.3) is 0 Å². The number of hydrogen-bond acceptors (Lipinski definition) is 2. The van der Waals surface area contributed by atoms with Crippen molar-refractivity contribution in [1.82, 2.24) is 4.98 Å². The van der Waals surface area contributed by atoms with Gasteiger partial charge in [-0.3, -0.25) is 0 Å². The van der Waals surface area contributed by atoms with Gasteiger partial charge in [0.15, 0.2) is 0 Å². The lowest BCUT2D eigenvalue weighted by molar-refractivity contribution is 1.21. The summed E-state index contributed by atoms with van der Waals surface area (Å²) in [5.41, 5.74) is 0.905. The molecule has 0 aliphatic carbocycles. The first-order valence-corrected chi connectivity index (χ1v) is 4.84. The van der Waals surface area contributed by atoms with Crippen molar-refractivity contribution in [3.8, 4) is 0 Å². The van der Waals surface area contributed by atoms with E-state index in [4.69, 9.17) is 11.6 Å². The van der Waals surface area contributed by atoms with Crippen LogP contribution < -0.4 is 0 Å². The zero-order valence-corrected chi connectivity index (χ0v) is 7.95. The highest BCUT2D eigenvalue weighted by Crippen LogP contribution is 2.27. The minimum atomic E-state index is 0.725. The minimum Gasteiger partial charge on any atom is -0.240 e. The van der Waals surface area contributed by atoms with E-state index in [9.17, 15) is 0 Å². The molecular formula is C9H7ClNS. The van der Waals surface area contributed by atoms with Crippen LogP contribution in [0.25, 0.3) is 10.2 Å². The maximum Gasteiger partial charge on any atom is 0.100 e. The van der Waals surface area contributed by atoms with E-state index in [1.807, 2.05) is 18.2 Å². The number of benzene rings is 1. The van der Waals surface area contributed by atoms with Crippen LogP contribution in [0.15, 0.2) is 18.2 Å². The predicted molar refractivity (Wildman–Crippen MR) is 53.7 cm³/mol. The average molecular weight is 197 g/mol. The third-order valence-corrected chi connectivity index (χ3v) is 3.01. The molecular weight excluding hydrogens is 190 g/mol. The van der Waals surface area contributed by atoms with Crippen molar-refractivity contribution in [1.29, 1.82) is 0 Å². The first-order valence-electron chi connectivity index (χ1n) is 3.64. The molecule has 0 saturated carbocycles.